The summed E-state index contributed by atoms with van der Waals surface area (Å²) in [7, 11) is 6.81. The first kappa shape index (κ1) is 41.5. The van der Waals surface area contributed by atoms with Gasteiger partial charge in [0, 0.05) is 50.9 Å². The largest absolute Gasteiger partial charge is 0.282 e. The maximum absolute atomic E-state index is 12.0. The van der Waals surface area contributed by atoms with Crippen LogP contribution in [0.5, 0.6) is 0 Å². The fourth-order valence-corrected chi connectivity index (χ4v) is 5.29. The molecule has 0 aromatic carbocycles. The van der Waals surface area contributed by atoms with Crippen molar-refractivity contribution in [2.75, 3.05) is 28.2 Å². The van der Waals surface area contributed by atoms with Gasteiger partial charge in [0.25, 0.3) is 0 Å². The third-order valence-electron chi connectivity index (χ3n) is 7.97. The fraction of sp³-hybridized carbons (Fsp3) is 0.733. The molecule has 0 unspecified atom stereocenters. The zero-order chi connectivity index (χ0) is 33.0. The molecule has 4 fully saturated rings. The molecule has 0 saturated heterocycles. The standard InChI is InChI=1S/C15H24N4O2S2.C13H20N4O2S2.2CH4/c1-14(5-6-14)12(22)18(3)16-10(20)9-11(21)17-19(4)13(23)15(2)7-8-15;1-16(12(20)8-3-4-8)14-10(18)7-11(19)15-17(2)13(21)9-5-6-9;;/h5-9H2,1-4H3,(H,16,20)(H,17,21);8-9H,3-7H2,1-2H3,(H,14,18)(H,15,19);2*1H4. The van der Waals surface area contributed by atoms with Crippen LogP contribution in [-0.2, 0) is 19.2 Å². The molecular weight excluding hydrogens is 665 g/mol. The molecule has 0 aromatic heterocycles. The lowest BCUT2D eigenvalue weighted by atomic mass is 10.1. The van der Waals surface area contributed by atoms with Gasteiger partial charge in [0.15, 0.2) is 0 Å². The van der Waals surface area contributed by atoms with E-state index in [0.717, 1.165) is 61.3 Å². The molecule has 0 atom stereocenters. The molecule has 260 valence electrons. The van der Waals surface area contributed by atoms with E-state index in [0.29, 0.717) is 21.8 Å². The Kier molecular flexibility index (Phi) is 15.3. The molecule has 4 aliphatic carbocycles. The summed E-state index contributed by atoms with van der Waals surface area (Å²) in [6.07, 6.45) is 7.91. The summed E-state index contributed by atoms with van der Waals surface area (Å²) in [5.74, 6) is -0.781. The number of carbonyl (C=O) groups excluding carboxylic acids is 4. The second-order valence-electron chi connectivity index (χ2n) is 12.7. The lowest BCUT2D eigenvalue weighted by Crippen LogP contribution is -2.49. The summed E-state index contributed by atoms with van der Waals surface area (Å²) in [5, 5.41) is 6.14. The van der Waals surface area contributed by atoms with Crippen LogP contribution in [-0.4, -0.2) is 91.8 Å². The van der Waals surface area contributed by atoms with Gasteiger partial charge in [-0.05, 0) is 51.4 Å². The van der Waals surface area contributed by atoms with Gasteiger partial charge in [-0.1, -0.05) is 77.6 Å². The van der Waals surface area contributed by atoms with E-state index in [-0.39, 0.29) is 50.3 Å². The molecule has 4 rings (SSSR count). The van der Waals surface area contributed by atoms with Crippen LogP contribution in [0.25, 0.3) is 0 Å². The van der Waals surface area contributed by atoms with Crippen LogP contribution in [0.15, 0.2) is 0 Å². The van der Waals surface area contributed by atoms with E-state index in [2.05, 4.69) is 35.6 Å². The number of rotatable bonds is 8. The first-order chi connectivity index (χ1) is 20.5. The number of hydrogen-bond acceptors (Lipinski definition) is 8. The molecule has 0 aromatic rings. The minimum absolute atomic E-state index is 0. The molecule has 4 saturated carbocycles. The molecule has 4 N–H and O–H groups in total. The maximum atomic E-state index is 12.0. The zero-order valence-corrected chi connectivity index (χ0v) is 29.5. The quantitative estimate of drug-likeness (QED) is 0.167. The second-order valence-corrected chi connectivity index (χ2v) is 14.3. The second kappa shape index (κ2) is 17.0. The van der Waals surface area contributed by atoms with Crippen molar-refractivity contribution >= 4 is 92.5 Å². The van der Waals surface area contributed by atoms with Gasteiger partial charge in [0.1, 0.15) is 22.8 Å². The van der Waals surface area contributed by atoms with E-state index in [4.69, 9.17) is 48.9 Å². The fourth-order valence-electron chi connectivity index (χ4n) is 4.23. The van der Waals surface area contributed by atoms with Gasteiger partial charge in [0.2, 0.25) is 23.6 Å². The van der Waals surface area contributed by atoms with Crippen LogP contribution in [0.2, 0.25) is 0 Å². The van der Waals surface area contributed by atoms with Crippen molar-refractivity contribution in [1.29, 1.82) is 0 Å². The third kappa shape index (κ3) is 12.6. The van der Waals surface area contributed by atoms with Crippen LogP contribution >= 0.6 is 48.9 Å². The van der Waals surface area contributed by atoms with E-state index in [1.165, 1.54) is 20.0 Å². The normalized spacial score (nSPS) is 17.3. The Morgan fingerprint density at radius 2 is 0.783 bits per heavy atom. The van der Waals surface area contributed by atoms with Crippen molar-refractivity contribution in [3.63, 3.8) is 0 Å². The molecule has 0 aliphatic heterocycles. The molecule has 4 aliphatic rings. The van der Waals surface area contributed by atoms with E-state index in [1.807, 2.05) is 0 Å². The molecule has 16 heteroatoms. The van der Waals surface area contributed by atoms with Gasteiger partial charge in [-0.2, -0.15) is 0 Å². The summed E-state index contributed by atoms with van der Waals surface area (Å²) in [4.78, 5) is 50.3. The Bertz CT molecular complexity index is 1130. The first-order valence-corrected chi connectivity index (χ1v) is 16.4. The SMILES string of the molecule is C.C.CN(NC(=O)CC(=O)NN(C)C(=S)C1(C)CC1)C(=S)C1(C)CC1.CN(NC(=O)CC(=O)NN(C)C(=S)C1CC1)C(=S)C1CC1. The van der Waals surface area contributed by atoms with Gasteiger partial charge in [-0.25, -0.2) is 0 Å². The molecule has 0 radical (unpaired) electrons. The Morgan fingerprint density at radius 1 is 0.543 bits per heavy atom. The van der Waals surface area contributed by atoms with E-state index >= 15 is 0 Å². The number of nitrogens with one attached hydrogen (secondary N) is 4. The molecule has 0 heterocycles. The summed E-state index contributed by atoms with van der Waals surface area (Å²) in [5.41, 5.74) is 10.5. The van der Waals surface area contributed by atoms with Crippen molar-refractivity contribution in [2.45, 2.75) is 92.9 Å². The predicted octanol–water partition coefficient (Wildman–Crippen LogP) is 3.61. The van der Waals surface area contributed by atoms with Crippen LogP contribution in [0, 0.1) is 22.7 Å². The van der Waals surface area contributed by atoms with Crippen molar-refractivity contribution < 1.29 is 19.2 Å². The highest BCUT2D eigenvalue weighted by atomic mass is 32.1. The van der Waals surface area contributed by atoms with Gasteiger partial charge >= 0.3 is 0 Å². The Labute approximate surface area is 296 Å². The minimum atomic E-state index is -0.395. The Balaban J connectivity index is 0.000000442. The lowest BCUT2D eigenvalue weighted by Gasteiger charge is -2.26. The summed E-state index contributed by atoms with van der Waals surface area (Å²) < 4.78 is 0. The number of hydrogen-bond donors (Lipinski definition) is 4. The predicted molar refractivity (Wildman–Crippen MR) is 197 cm³/mol. The smallest absolute Gasteiger partial charge is 0.248 e. The molecular formula is C30H52N8O4S4. The van der Waals surface area contributed by atoms with Crippen LogP contribution in [0.3, 0.4) is 0 Å². The van der Waals surface area contributed by atoms with E-state index in [1.54, 1.807) is 28.2 Å². The van der Waals surface area contributed by atoms with Crippen molar-refractivity contribution in [2.24, 2.45) is 22.7 Å². The van der Waals surface area contributed by atoms with Crippen molar-refractivity contribution in [3.8, 4) is 0 Å². The average molecular weight is 717 g/mol. The summed E-state index contributed by atoms with van der Waals surface area (Å²) >= 11 is 21.1. The number of nitrogens with zero attached hydrogens (tertiary/aromatic N) is 4. The molecule has 4 amide bonds. The first-order valence-electron chi connectivity index (χ1n) is 14.7. The molecule has 0 bridgehead atoms. The highest BCUT2D eigenvalue weighted by molar-refractivity contribution is 7.81. The van der Waals surface area contributed by atoms with Crippen molar-refractivity contribution in [3.05, 3.63) is 0 Å². The van der Waals surface area contributed by atoms with E-state index in [9.17, 15) is 19.2 Å². The van der Waals surface area contributed by atoms with Gasteiger partial charge < -0.3 is 0 Å². The molecule has 12 nitrogen and oxygen atoms in total. The van der Waals surface area contributed by atoms with Gasteiger partial charge in [-0.15, -0.1) is 0 Å². The maximum Gasteiger partial charge on any atom is 0.248 e. The molecule has 0 spiro atoms. The lowest BCUT2D eigenvalue weighted by molar-refractivity contribution is -0.134. The monoisotopic (exact) mass is 716 g/mol. The number of thiocarbonyl (C=S) groups is 4. The number of amides is 4. The van der Waals surface area contributed by atoms with Gasteiger partial charge in [-0.3, -0.25) is 60.9 Å². The summed E-state index contributed by atoms with van der Waals surface area (Å²) in [6.45, 7) is 4.14. The number of hydrazine groups is 4. The van der Waals surface area contributed by atoms with E-state index < -0.39 is 11.8 Å². The molecule has 46 heavy (non-hydrogen) atoms. The number of carbonyl (C=O) groups is 4. The van der Waals surface area contributed by atoms with Crippen molar-refractivity contribution in [1.82, 2.24) is 41.7 Å². The topological polar surface area (TPSA) is 129 Å². The zero-order valence-electron chi connectivity index (χ0n) is 26.3. The van der Waals surface area contributed by atoms with Crippen LogP contribution in [0.1, 0.15) is 92.9 Å². The van der Waals surface area contributed by atoms with Gasteiger partial charge in [0.05, 0.1) is 9.98 Å². The van der Waals surface area contributed by atoms with Crippen LogP contribution < -0.4 is 21.7 Å². The Morgan fingerprint density at radius 3 is 1.00 bits per heavy atom. The van der Waals surface area contributed by atoms with Crippen LogP contribution in [0.4, 0.5) is 0 Å². The minimum Gasteiger partial charge on any atom is -0.282 e. The highest BCUT2D eigenvalue weighted by Crippen LogP contribution is 2.47. The Hall–Kier alpha value is -2.56. The third-order valence-corrected chi connectivity index (χ3v) is 10.7. The highest BCUT2D eigenvalue weighted by Gasteiger charge is 2.44. The average Bonchev–Trinajstić information content (AvgIpc) is 3.76. The summed E-state index contributed by atoms with van der Waals surface area (Å²) in [6, 6.07) is 0.